The highest BCUT2D eigenvalue weighted by molar-refractivity contribution is 5.77. The number of esters is 6. The molecule has 0 aromatic heterocycles. The highest BCUT2D eigenvalue weighted by Gasteiger charge is 2.63. The predicted octanol–water partition coefficient (Wildman–Crippen LogP) is 0.675. The van der Waals surface area contributed by atoms with Gasteiger partial charge in [-0.1, -0.05) is 0 Å². The standard InChI is InChI=1S/C18H18F6O12/c1-5(25)31-9-10(32-6(2)26)12(34-8(4)28)14(36-16(30)18(22,23)24)13(11(9)33-7(3)27)35-15(29)17(19,20)21/h9-14H,1-4H3. The molecule has 204 valence electrons. The van der Waals surface area contributed by atoms with Crippen LogP contribution in [0.5, 0.6) is 0 Å². The fourth-order valence-electron chi connectivity index (χ4n) is 3.07. The van der Waals surface area contributed by atoms with Gasteiger partial charge in [0, 0.05) is 27.7 Å². The summed E-state index contributed by atoms with van der Waals surface area (Å²) in [5, 5.41) is 0. The summed E-state index contributed by atoms with van der Waals surface area (Å²) in [6.07, 6.45) is -26.6. The van der Waals surface area contributed by atoms with E-state index in [2.05, 4.69) is 9.47 Å². The van der Waals surface area contributed by atoms with Crippen LogP contribution in [0.4, 0.5) is 26.3 Å². The van der Waals surface area contributed by atoms with E-state index in [1.165, 1.54) is 0 Å². The first kappa shape index (κ1) is 30.4. The van der Waals surface area contributed by atoms with Gasteiger partial charge >= 0.3 is 48.2 Å². The molecule has 0 saturated heterocycles. The minimum atomic E-state index is -5.78. The van der Waals surface area contributed by atoms with Gasteiger partial charge in [0.25, 0.3) is 0 Å². The van der Waals surface area contributed by atoms with Crippen molar-refractivity contribution in [3.63, 3.8) is 0 Å². The Morgan fingerprint density at radius 2 is 0.583 bits per heavy atom. The Morgan fingerprint density at radius 3 is 0.722 bits per heavy atom. The maximum atomic E-state index is 12.9. The SMILES string of the molecule is CC(=O)OC1C(OC(C)=O)C(OC(C)=O)C(OC(=O)C(F)(F)F)C(OC(=O)C(F)(F)F)C1OC(C)=O. The number of alkyl halides is 6. The number of ether oxygens (including phenoxy) is 6. The molecule has 6 unspecified atom stereocenters. The van der Waals surface area contributed by atoms with Gasteiger partial charge in [0.2, 0.25) is 0 Å². The minimum Gasteiger partial charge on any atom is -0.454 e. The number of carbonyl (C=O) groups is 6. The lowest BCUT2D eigenvalue weighted by Crippen LogP contribution is -2.69. The molecule has 0 aromatic rings. The molecule has 1 saturated carbocycles. The molecule has 12 nitrogen and oxygen atoms in total. The molecule has 1 fully saturated rings. The van der Waals surface area contributed by atoms with Gasteiger partial charge in [-0.25, -0.2) is 9.59 Å². The van der Waals surface area contributed by atoms with Gasteiger partial charge in [-0.15, -0.1) is 0 Å². The largest absolute Gasteiger partial charge is 0.490 e. The summed E-state index contributed by atoms with van der Waals surface area (Å²) in [5.74, 6) is -11.4. The van der Waals surface area contributed by atoms with Gasteiger partial charge in [0.05, 0.1) is 0 Å². The van der Waals surface area contributed by atoms with Gasteiger partial charge in [-0.2, -0.15) is 26.3 Å². The second-order valence-electron chi connectivity index (χ2n) is 7.03. The molecule has 1 aliphatic carbocycles. The molecule has 0 aromatic carbocycles. The molecule has 36 heavy (non-hydrogen) atoms. The van der Waals surface area contributed by atoms with Crippen molar-refractivity contribution in [3.8, 4) is 0 Å². The summed E-state index contributed by atoms with van der Waals surface area (Å²) in [6, 6.07) is 0. The van der Waals surface area contributed by atoms with E-state index >= 15 is 0 Å². The van der Waals surface area contributed by atoms with E-state index in [-0.39, 0.29) is 0 Å². The summed E-state index contributed by atoms with van der Waals surface area (Å²) in [6.45, 7) is 2.76. The van der Waals surface area contributed by atoms with Gasteiger partial charge < -0.3 is 28.4 Å². The monoisotopic (exact) mass is 540 g/mol. The van der Waals surface area contributed by atoms with Gasteiger partial charge in [-0.3, -0.25) is 19.2 Å². The zero-order valence-electron chi connectivity index (χ0n) is 18.6. The predicted molar refractivity (Wildman–Crippen MR) is 94.1 cm³/mol. The normalized spacial score (nSPS) is 26.2. The summed E-state index contributed by atoms with van der Waals surface area (Å²) in [4.78, 5) is 69.7. The van der Waals surface area contributed by atoms with Crippen molar-refractivity contribution >= 4 is 35.8 Å². The second kappa shape index (κ2) is 11.4. The molecule has 0 spiro atoms. The van der Waals surface area contributed by atoms with Crippen LogP contribution in [0.1, 0.15) is 27.7 Å². The Balaban J connectivity index is 3.87. The molecule has 1 aliphatic rings. The zero-order valence-corrected chi connectivity index (χ0v) is 18.6. The van der Waals surface area contributed by atoms with Crippen molar-refractivity contribution in [1.82, 2.24) is 0 Å². The van der Waals surface area contributed by atoms with E-state index in [4.69, 9.17) is 18.9 Å². The molecule has 1 rings (SSSR count). The number of carbonyl (C=O) groups excluding carboxylic acids is 6. The summed E-state index contributed by atoms with van der Waals surface area (Å²) in [7, 11) is 0. The number of hydrogen-bond donors (Lipinski definition) is 0. The molecule has 6 atom stereocenters. The Morgan fingerprint density at radius 1 is 0.417 bits per heavy atom. The van der Waals surface area contributed by atoms with Gasteiger partial charge in [0.15, 0.2) is 36.6 Å². The van der Waals surface area contributed by atoms with E-state index in [9.17, 15) is 55.1 Å². The van der Waals surface area contributed by atoms with Crippen LogP contribution < -0.4 is 0 Å². The maximum absolute atomic E-state index is 12.9. The van der Waals surface area contributed by atoms with Crippen molar-refractivity contribution in [2.75, 3.05) is 0 Å². The topological polar surface area (TPSA) is 158 Å². The fraction of sp³-hybridized carbons (Fsp3) is 0.667. The fourth-order valence-corrected chi connectivity index (χ4v) is 3.07. The van der Waals surface area contributed by atoms with Gasteiger partial charge in [-0.05, 0) is 0 Å². The molecular weight excluding hydrogens is 522 g/mol. The number of halogens is 6. The third-order valence-corrected chi connectivity index (χ3v) is 4.10. The summed E-state index contributed by atoms with van der Waals surface area (Å²) >= 11 is 0. The van der Waals surface area contributed by atoms with Crippen LogP contribution in [0, 0.1) is 0 Å². The third kappa shape index (κ3) is 8.26. The first-order chi connectivity index (χ1) is 16.2. The third-order valence-electron chi connectivity index (χ3n) is 4.10. The van der Waals surface area contributed by atoms with E-state index < -0.39 is 84.8 Å². The van der Waals surface area contributed by atoms with Crippen LogP contribution in [-0.4, -0.2) is 84.8 Å². The highest BCUT2D eigenvalue weighted by Crippen LogP contribution is 2.36. The van der Waals surface area contributed by atoms with E-state index in [1.54, 1.807) is 0 Å². The molecule has 0 heterocycles. The van der Waals surface area contributed by atoms with Crippen LogP contribution in [0.2, 0.25) is 0 Å². The average molecular weight is 540 g/mol. The molecule has 0 aliphatic heterocycles. The molecule has 0 amide bonds. The molecule has 18 heteroatoms. The first-order valence-corrected chi connectivity index (χ1v) is 9.50. The van der Waals surface area contributed by atoms with Crippen molar-refractivity contribution in [3.05, 3.63) is 0 Å². The lowest BCUT2D eigenvalue weighted by atomic mass is 9.83. The Labute approximate surface area is 197 Å². The quantitative estimate of drug-likeness (QED) is 0.264. The Hall–Kier alpha value is -3.60. The maximum Gasteiger partial charge on any atom is 0.490 e. The molecule has 0 N–H and O–H groups in total. The first-order valence-electron chi connectivity index (χ1n) is 9.50. The van der Waals surface area contributed by atoms with E-state index in [0.717, 1.165) is 13.8 Å². The second-order valence-corrected chi connectivity index (χ2v) is 7.03. The minimum absolute atomic E-state index is 0.656. The van der Waals surface area contributed by atoms with Crippen molar-refractivity contribution < 1.29 is 83.5 Å². The lowest BCUT2D eigenvalue weighted by molar-refractivity contribution is -0.275. The molecule has 0 bridgehead atoms. The lowest BCUT2D eigenvalue weighted by Gasteiger charge is -2.46. The van der Waals surface area contributed by atoms with Crippen molar-refractivity contribution in [2.45, 2.75) is 76.7 Å². The molecule has 0 radical (unpaired) electrons. The zero-order chi connectivity index (χ0) is 28.2. The van der Waals surface area contributed by atoms with Gasteiger partial charge in [0.1, 0.15) is 0 Å². The average Bonchev–Trinajstić information content (AvgIpc) is 2.66. The number of hydrogen-bond acceptors (Lipinski definition) is 12. The Bertz CT molecular complexity index is 826. The van der Waals surface area contributed by atoms with E-state index in [0.29, 0.717) is 13.8 Å². The molecular formula is C18H18F6O12. The van der Waals surface area contributed by atoms with Crippen LogP contribution in [-0.2, 0) is 57.2 Å². The van der Waals surface area contributed by atoms with Crippen LogP contribution in [0.15, 0.2) is 0 Å². The van der Waals surface area contributed by atoms with Crippen LogP contribution in [0.3, 0.4) is 0 Å². The summed E-state index contributed by atoms with van der Waals surface area (Å²) < 4.78 is 105. The Kier molecular flexibility index (Phi) is 9.66. The van der Waals surface area contributed by atoms with Crippen molar-refractivity contribution in [1.29, 1.82) is 0 Å². The smallest absolute Gasteiger partial charge is 0.454 e. The van der Waals surface area contributed by atoms with E-state index in [1.807, 2.05) is 0 Å². The summed E-state index contributed by atoms with van der Waals surface area (Å²) in [5.41, 5.74) is 0. The van der Waals surface area contributed by atoms with Crippen LogP contribution >= 0.6 is 0 Å². The number of rotatable bonds is 6. The highest BCUT2D eigenvalue weighted by atomic mass is 19.4. The van der Waals surface area contributed by atoms with Crippen molar-refractivity contribution in [2.24, 2.45) is 0 Å². The van der Waals surface area contributed by atoms with Crippen LogP contribution in [0.25, 0.3) is 0 Å².